The molecule has 1 heterocycles. The third-order valence-corrected chi connectivity index (χ3v) is 3.62. The van der Waals surface area contributed by atoms with Crippen molar-refractivity contribution in [3.05, 3.63) is 29.8 Å². The summed E-state index contributed by atoms with van der Waals surface area (Å²) >= 11 is 0. The van der Waals surface area contributed by atoms with Crippen LogP contribution in [0.25, 0.3) is 0 Å². The molecule has 0 aromatic heterocycles. The zero-order chi connectivity index (χ0) is 14.4. The van der Waals surface area contributed by atoms with E-state index in [1.165, 1.54) is 6.42 Å². The quantitative estimate of drug-likeness (QED) is 0.899. The second kappa shape index (κ2) is 7.29. The van der Waals surface area contributed by atoms with E-state index in [1.807, 2.05) is 38.2 Å². The standard InChI is InChI=1S/C16H24N2O2/c1-3-17-15-10-5-4-9-14(15)16(19)18(2)12-13-8-6-7-11-20-13/h4-5,9-10,13,17H,3,6-8,11-12H2,1-2H3. The molecule has 1 N–H and O–H groups in total. The van der Waals surface area contributed by atoms with Crippen LogP contribution in [0.3, 0.4) is 0 Å². The van der Waals surface area contributed by atoms with Gasteiger partial charge in [-0.3, -0.25) is 4.79 Å². The normalized spacial score (nSPS) is 18.6. The van der Waals surface area contributed by atoms with E-state index >= 15 is 0 Å². The summed E-state index contributed by atoms with van der Waals surface area (Å²) in [5, 5.41) is 3.24. The van der Waals surface area contributed by atoms with E-state index in [2.05, 4.69) is 5.32 Å². The number of benzene rings is 1. The summed E-state index contributed by atoms with van der Waals surface area (Å²) < 4.78 is 5.70. The zero-order valence-electron chi connectivity index (χ0n) is 12.4. The number of rotatable bonds is 5. The fourth-order valence-electron chi connectivity index (χ4n) is 2.56. The second-order valence-electron chi connectivity index (χ2n) is 5.25. The van der Waals surface area contributed by atoms with Gasteiger partial charge in [0.25, 0.3) is 5.91 Å². The Morgan fingerprint density at radius 1 is 1.40 bits per heavy atom. The number of hydrogen-bond donors (Lipinski definition) is 1. The number of amides is 1. The van der Waals surface area contributed by atoms with Crippen molar-refractivity contribution in [2.75, 3.05) is 32.1 Å². The Bertz CT molecular complexity index is 442. The summed E-state index contributed by atoms with van der Waals surface area (Å²) in [5.41, 5.74) is 1.63. The lowest BCUT2D eigenvalue weighted by Crippen LogP contribution is -2.37. The van der Waals surface area contributed by atoms with Crippen molar-refractivity contribution in [1.82, 2.24) is 4.90 Å². The largest absolute Gasteiger partial charge is 0.385 e. The van der Waals surface area contributed by atoms with Gasteiger partial charge >= 0.3 is 0 Å². The molecule has 0 saturated carbocycles. The van der Waals surface area contributed by atoms with Crippen LogP contribution in [0.5, 0.6) is 0 Å². The number of ether oxygens (including phenoxy) is 1. The molecule has 20 heavy (non-hydrogen) atoms. The summed E-state index contributed by atoms with van der Waals surface area (Å²) in [6.07, 6.45) is 3.56. The first-order valence-corrected chi connectivity index (χ1v) is 7.42. The number of hydrogen-bond acceptors (Lipinski definition) is 3. The third kappa shape index (κ3) is 3.73. The van der Waals surface area contributed by atoms with Crippen LogP contribution in [0.15, 0.2) is 24.3 Å². The Morgan fingerprint density at radius 3 is 2.90 bits per heavy atom. The first-order valence-electron chi connectivity index (χ1n) is 7.42. The van der Waals surface area contributed by atoms with E-state index < -0.39 is 0 Å². The molecule has 0 radical (unpaired) electrons. The van der Waals surface area contributed by atoms with Crippen LogP contribution < -0.4 is 5.32 Å². The van der Waals surface area contributed by atoms with Gasteiger partial charge in [-0.2, -0.15) is 0 Å². The van der Waals surface area contributed by atoms with Crippen LogP contribution in [-0.4, -0.2) is 43.7 Å². The number of carbonyl (C=O) groups is 1. The minimum Gasteiger partial charge on any atom is -0.385 e. The third-order valence-electron chi connectivity index (χ3n) is 3.62. The topological polar surface area (TPSA) is 41.6 Å². The molecule has 0 spiro atoms. The summed E-state index contributed by atoms with van der Waals surface area (Å²) in [7, 11) is 1.85. The van der Waals surface area contributed by atoms with Gasteiger partial charge in [0.1, 0.15) is 0 Å². The lowest BCUT2D eigenvalue weighted by Gasteiger charge is -2.28. The van der Waals surface area contributed by atoms with E-state index in [1.54, 1.807) is 4.90 Å². The predicted octanol–water partition coefficient (Wildman–Crippen LogP) is 2.76. The summed E-state index contributed by atoms with van der Waals surface area (Å²) in [5.74, 6) is 0.0516. The maximum atomic E-state index is 12.5. The van der Waals surface area contributed by atoms with Crippen LogP contribution in [0, 0.1) is 0 Å². The van der Waals surface area contributed by atoms with Crippen molar-refractivity contribution < 1.29 is 9.53 Å². The Hall–Kier alpha value is -1.55. The van der Waals surface area contributed by atoms with Crippen molar-refractivity contribution in [2.24, 2.45) is 0 Å². The van der Waals surface area contributed by atoms with E-state index in [-0.39, 0.29) is 12.0 Å². The smallest absolute Gasteiger partial charge is 0.255 e. The Morgan fingerprint density at radius 2 is 2.20 bits per heavy atom. The summed E-state index contributed by atoms with van der Waals surface area (Å²) in [4.78, 5) is 14.3. The number of anilines is 1. The number of para-hydroxylation sites is 1. The van der Waals surface area contributed by atoms with Crippen LogP contribution in [0.2, 0.25) is 0 Å². The lowest BCUT2D eigenvalue weighted by molar-refractivity contribution is -0.000171. The Kier molecular flexibility index (Phi) is 5.41. The highest BCUT2D eigenvalue weighted by atomic mass is 16.5. The number of likely N-dealkylation sites (N-methyl/N-ethyl adjacent to an activating group) is 1. The Balaban J connectivity index is 2.02. The van der Waals surface area contributed by atoms with Crippen molar-refractivity contribution in [3.8, 4) is 0 Å². The first kappa shape index (κ1) is 14.9. The van der Waals surface area contributed by atoms with Crippen molar-refractivity contribution in [1.29, 1.82) is 0 Å². The summed E-state index contributed by atoms with van der Waals surface area (Å²) in [6.45, 7) is 4.32. The highest BCUT2D eigenvalue weighted by Crippen LogP contribution is 2.18. The predicted molar refractivity (Wildman–Crippen MR) is 81.2 cm³/mol. The van der Waals surface area contributed by atoms with E-state index in [0.717, 1.165) is 37.2 Å². The minimum absolute atomic E-state index is 0.0516. The molecule has 0 aliphatic carbocycles. The molecule has 1 aliphatic rings. The van der Waals surface area contributed by atoms with Gasteiger partial charge in [-0.15, -0.1) is 0 Å². The van der Waals surface area contributed by atoms with Gasteiger partial charge in [-0.25, -0.2) is 0 Å². The van der Waals surface area contributed by atoms with Crippen LogP contribution in [0.4, 0.5) is 5.69 Å². The molecule has 1 amide bonds. The SMILES string of the molecule is CCNc1ccccc1C(=O)N(C)CC1CCCCO1. The lowest BCUT2D eigenvalue weighted by atomic mass is 10.1. The number of nitrogens with one attached hydrogen (secondary N) is 1. The van der Waals surface area contributed by atoms with Crippen LogP contribution >= 0.6 is 0 Å². The van der Waals surface area contributed by atoms with Gasteiger partial charge in [-0.05, 0) is 38.3 Å². The molecule has 1 unspecified atom stereocenters. The molecule has 1 saturated heterocycles. The van der Waals surface area contributed by atoms with E-state index in [4.69, 9.17) is 4.74 Å². The molecule has 1 atom stereocenters. The molecule has 110 valence electrons. The molecular weight excluding hydrogens is 252 g/mol. The van der Waals surface area contributed by atoms with Gasteiger partial charge in [0, 0.05) is 32.4 Å². The molecule has 1 fully saturated rings. The number of nitrogens with zero attached hydrogens (tertiary/aromatic N) is 1. The van der Waals surface area contributed by atoms with Gasteiger partial charge in [0.2, 0.25) is 0 Å². The van der Waals surface area contributed by atoms with Crippen molar-refractivity contribution >= 4 is 11.6 Å². The van der Waals surface area contributed by atoms with Crippen molar-refractivity contribution in [3.63, 3.8) is 0 Å². The molecule has 1 aromatic rings. The molecule has 1 aliphatic heterocycles. The fourth-order valence-corrected chi connectivity index (χ4v) is 2.56. The van der Waals surface area contributed by atoms with Gasteiger partial charge in [0.15, 0.2) is 0 Å². The second-order valence-corrected chi connectivity index (χ2v) is 5.25. The van der Waals surface area contributed by atoms with Gasteiger partial charge in [-0.1, -0.05) is 12.1 Å². The van der Waals surface area contributed by atoms with Crippen molar-refractivity contribution in [2.45, 2.75) is 32.3 Å². The first-order chi connectivity index (χ1) is 9.72. The highest BCUT2D eigenvalue weighted by molar-refractivity contribution is 5.99. The minimum atomic E-state index is 0.0516. The molecule has 4 heteroatoms. The zero-order valence-corrected chi connectivity index (χ0v) is 12.4. The van der Waals surface area contributed by atoms with Crippen LogP contribution in [0.1, 0.15) is 36.5 Å². The van der Waals surface area contributed by atoms with E-state index in [0.29, 0.717) is 6.54 Å². The van der Waals surface area contributed by atoms with Gasteiger partial charge < -0.3 is 15.0 Å². The molecule has 2 rings (SSSR count). The van der Waals surface area contributed by atoms with E-state index in [9.17, 15) is 4.79 Å². The van der Waals surface area contributed by atoms with Gasteiger partial charge in [0.05, 0.1) is 11.7 Å². The molecule has 4 nitrogen and oxygen atoms in total. The maximum absolute atomic E-state index is 12.5. The monoisotopic (exact) mass is 276 g/mol. The average Bonchev–Trinajstić information content (AvgIpc) is 2.48. The summed E-state index contributed by atoms with van der Waals surface area (Å²) in [6, 6.07) is 7.66. The molecular formula is C16H24N2O2. The number of carbonyl (C=O) groups excluding carboxylic acids is 1. The average molecular weight is 276 g/mol. The maximum Gasteiger partial charge on any atom is 0.255 e. The molecule has 0 bridgehead atoms. The highest BCUT2D eigenvalue weighted by Gasteiger charge is 2.21. The molecule has 1 aromatic carbocycles. The van der Waals surface area contributed by atoms with Crippen LogP contribution in [-0.2, 0) is 4.74 Å². The Labute approximate surface area is 121 Å². The fraction of sp³-hybridized carbons (Fsp3) is 0.562.